The van der Waals surface area contributed by atoms with E-state index in [0.717, 1.165) is 0 Å². The number of nitrogens with zero attached hydrogens (tertiary/aromatic N) is 1. The lowest BCUT2D eigenvalue weighted by atomic mass is 10.2. The van der Waals surface area contributed by atoms with Gasteiger partial charge in [-0.2, -0.15) is 0 Å². The summed E-state index contributed by atoms with van der Waals surface area (Å²) in [5.74, 6) is -2.00. The molecule has 2 aromatic carbocycles. The summed E-state index contributed by atoms with van der Waals surface area (Å²) in [6.07, 6.45) is 1.30. The minimum atomic E-state index is -1.25. The second kappa shape index (κ2) is 5.30. The average Bonchev–Trinajstić information content (AvgIpc) is 2.39. The molecule has 0 heterocycles. The molecule has 96 valence electrons. The molecule has 0 aromatic heterocycles. The van der Waals surface area contributed by atoms with Crippen molar-refractivity contribution < 1.29 is 19.4 Å². The molecular weight excluding hydrogens is 249 g/mol. The highest BCUT2D eigenvalue weighted by Crippen LogP contribution is 2.23. The number of carboxylic acids is 1. The monoisotopic (exact) mass is 259 g/mol. The number of halogens is 1. The number of phenols is 1. The highest BCUT2D eigenvalue weighted by Gasteiger charge is 2.09. The largest absolute Gasteiger partial charge is 0.507 e. The topological polar surface area (TPSA) is 69.9 Å². The average molecular weight is 259 g/mol. The van der Waals surface area contributed by atoms with Crippen LogP contribution in [0.4, 0.5) is 10.1 Å². The zero-order chi connectivity index (χ0) is 13.8. The van der Waals surface area contributed by atoms with Crippen LogP contribution in [-0.4, -0.2) is 22.4 Å². The van der Waals surface area contributed by atoms with Crippen LogP contribution in [-0.2, 0) is 0 Å². The first-order valence-corrected chi connectivity index (χ1v) is 5.43. The van der Waals surface area contributed by atoms with Crippen molar-refractivity contribution in [2.45, 2.75) is 0 Å². The number of aromatic carboxylic acids is 1. The van der Waals surface area contributed by atoms with Gasteiger partial charge in [-0.3, -0.25) is 4.99 Å². The van der Waals surface area contributed by atoms with Gasteiger partial charge in [0.1, 0.15) is 17.1 Å². The van der Waals surface area contributed by atoms with Gasteiger partial charge in [0.05, 0.1) is 5.69 Å². The van der Waals surface area contributed by atoms with Gasteiger partial charge >= 0.3 is 5.97 Å². The van der Waals surface area contributed by atoms with E-state index < -0.39 is 11.8 Å². The number of benzene rings is 2. The molecule has 0 saturated carbocycles. The molecule has 0 spiro atoms. The molecule has 4 nitrogen and oxygen atoms in total. The molecule has 0 unspecified atom stereocenters. The Labute approximate surface area is 108 Å². The molecule has 0 fully saturated rings. The van der Waals surface area contributed by atoms with Crippen molar-refractivity contribution in [3.05, 3.63) is 59.4 Å². The van der Waals surface area contributed by atoms with Crippen LogP contribution >= 0.6 is 0 Å². The van der Waals surface area contributed by atoms with Crippen LogP contribution in [0.3, 0.4) is 0 Å². The van der Waals surface area contributed by atoms with Crippen LogP contribution in [0, 0.1) is 5.82 Å². The summed E-state index contributed by atoms with van der Waals surface area (Å²) in [6.45, 7) is 0. The van der Waals surface area contributed by atoms with Gasteiger partial charge in [-0.25, -0.2) is 9.18 Å². The summed E-state index contributed by atoms with van der Waals surface area (Å²) in [4.78, 5) is 14.8. The van der Waals surface area contributed by atoms with Gasteiger partial charge in [-0.15, -0.1) is 0 Å². The Hall–Kier alpha value is -2.69. The van der Waals surface area contributed by atoms with Crippen molar-refractivity contribution in [2.24, 2.45) is 4.99 Å². The Morgan fingerprint density at radius 3 is 2.63 bits per heavy atom. The highest BCUT2D eigenvalue weighted by atomic mass is 19.1. The fourth-order valence-corrected chi connectivity index (χ4v) is 1.50. The lowest BCUT2D eigenvalue weighted by molar-refractivity contribution is 0.0694. The van der Waals surface area contributed by atoms with Gasteiger partial charge in [0.25, 0.3) is 0 Å². The van der Waals surface area contributed by atoms with Crippen LogP contribution in [0.25, 0.3) is 0 Å². The lowest BCUT2D eigenvalue weighted by Gasteiger charge is -2.00. The first-order chi connectivity index (χ1) is 9.08. The molecule has 5 heteroatoms. The van der Waals surface area contributed by atoms with E-state index >= 15 is 0 Å². The van der Waals surface area contributed by atoms with Crippen LogP contribution in [0.15, 0.2) is 47.5 Å². The van der Waals surface area contributed by atoms with Gasteiger partial charge < -0.3 is 10.2 Å². The third-order valence-electron chi connectivity index (χ3n) is 2.47. The van der Waals surface area contributed by atoms with E-state index in [4.69, 9.17) is 5.11 Å². The second-order valence-corrected chi connectivity index (χ2v) is 3.79. The van der Waals surface area contributed by atoms with Gasteiger partial charge in [0.2, 0.25) is 0 Å². The predicted molar refractivity (Wildman–Crippen MR) is 68.7 cm³/mol. The maximum Gasteiger partial charge on any atom is 0.339 e. The molecule has 0 aliphatic carbocycles. The third-order valence-corrected chi connectivity index (χ3v) is 2.47. The molecule has 19 heavy (non-hydrogen) atoms. The molecule has 0 aliphatic heterocycles. The highest BCUT2D eigenvalue weighted by molar-refractivity contribution is 5.92. The summed E-state index contributed by atoms with van der Waals surface area (Å²) in [5, 5.41) is 18.2. The third kappa shape index (κ3) is 2.95. The normalized spacial score (nSPS) is 10.8. The molecule has 0 saturated heterocycles. The molecule has 2 N–H and O–H groups in total. The maximum atomic E-state index is 13.3. The van der Waals surface area contributed by atoms with Crippen molar-refractivity contribution in [1.29, 1.82) is 0 Å². The number of carboxylic acid groups (broad SMARTS) is 1. The van der Waals surface area contributed by atoms with Gasteiger partial charge in [-0.1, -0.05) is 18.2 Å². The van der Waals surface area contributed by atoms with Crippen molar-refractivity contribution >= 4 is 17.9 Å². The zero-order valence-electron chi connectivity index (χ0n) is 9.75. The van der Waals surface area contributed by atoms with Crippen molar-refractivity contribution in [3.63, 3.8) is 0 Å². The summed E-state index contributed by atoms with van der Waals surface area (Å²) in [7, 11) is 0. The molecule has 0 radical (unpaired) electrons. The fourth-order valence-electron chi connectivity index (χ4n) is 1.50. The predicted octanol–water partition coefficient (Wildman–Crippen LogP) is 2.98. The molecule has 0 bridgehead atoms. The minimum Gasteiger partial charge on any atom is -0.507 e. The van der Waals surface area contributed by atoms with Gasteiger partial charge in [0.15, 0.2) is 0 Å². The van der Waals surface area contributed by atoms with Crippen LogP contribution in [0.2, 0.25) is 0 Å². The lowest BCUT2D eigenvalue weighted by Crippen LogP contribution is -1.96. The molecule has 0 aliphatic rings. The number of hydrogen-bond acceptors (Lipinski definition) is 3. The van der Waals surface area contributed by atoms with Crippen LogP contribution < -0.4 is 0 Å². The van der Waals surface area contributed by atoms with E-state index in [1.165, 1.54) is 30.5 Å². The molecule has 2 aromatic rings. The van der Waals surface area contributed by atoms with E-state index in [-0.39, 0.29) is 11.3 Å². The smallest absolute Gasteiger partial charge is 0.339 e. The van der Waals surface area contributed by atoms with Crippen LogP contribution in [0.1, 0.15) is 15.9 Å². The fraction of sp³-hybridized carbons (Fsp3) is 0. The number of aromatic hydroxyl groups is 1. The van der Waals surface area contributed by atoms with Crippen molar-refractivity contribution in [3.8, 4) is 5.75 Å². The number of rotatable bonds is 3. The van der Waals surface area contributed by atoms with Crippen LogP contribution in [0.5, 0.6) is 5.75 Å². The second-order valence-electron chi connectivity index (χ2n) is 3.79. The van der Waals surface area contributed by atoms with E-state index in [9.17, 15) is 14.3 Å². The van der Waals surface area contributed by atoms with E-state index in [2.05, 4.69) is 4.99 Å². The minimum absolute atomic E-state index is 0.247. The maximum absolute atomic E-state index is 13.3. The van der Waals surface area contributed by atoms with E-state index in [1.54, 1.807) is 18.2 Å². The molecule has 0 atom stereocenters. The van der Waals surface area contributed by atoms with E-state index in [0.29, 0.717) is 11.3 Å². The Bertz CT molecular complexity index is 653. The Kier molecular flexibility index (Phi) is 3.56. The summed E-state index contributed by atoms with van der Waals surface area (Å²) in [6, 6.07) is 9.99. The Morgan fingerprint density at radius 2 is 1.95 bits per heavy atom. The summed E-state index contributed by atoms with van der Waals surface area (Å²) < 4.78 is 13.3. The SMILES string of the molecule is O=C(O)c1cc(N=Cc2ccccc2F)ccc1O. The number of carbonyl (C=O) groups is 1. The quantitative estimate of drug-likeness (QED) is 0.832. The standard InChI is InChI=1S/C14H10FNO3/c15-12-4-2-1-3-9(12)8-16-10-5-6-13(17)11(7-10)14(18)19/h1-8,17H,(H,18,19). The first kappa shape index (κ1) is 12.8. The first-order valence-electron chi connectivity index (χ1n) is 5.43. The molecular formula is C14H10FNO3. The van der Waals surface area contributed by atoms with Gasteiger partial charge in [-0.05, 0) is 24.3 Å². The number of hydrogen-bond donors (Lipinski definition) is 2. The molecule has 2 rings (SSSR count). The summed E-state index contributed by atoms with van der Waals surface area (Å²) >= 11 is 0. The van der Waals surface area contributed by atoms with Gasteiger partial charge in [0, 0.05) is 11.8 Å². The Balaban J connectivity index is 2.32. The van der Waals surface area contributed by atoms with Crippen molar-refractivity contribution in [2.75, 3.05) is 0 Å². The van der Waals surface area contributed by atoms with E-state index in [1.807, 2.05) is 0 Å². The van der Waals surface area contributed by atoms with Crippen molar-refractivity contribution in [1.82, 2.24) is 0 Å². The zero-order valence-corrected chi connectivity index (χ0v) is 9.75. The Morgan fingerprint density at radius 1 is 1.21 bits per heavy atom. The number of aliphatic imine (C=N–C) groups is 1. The molecule has 0 amide bonds. The summed E-state index contributed by atoms with van der Waals surface area (Å²) in [5.41, 5.74) is 0.370.